The highest BCUT2D eigenvalue weighted by molar-refractivity contribution is 5.51. The summed E-state index contributed by atoms with van der Waals surface area (Å²) >= 11 is 0. The number of hydrogen-bond donors (Lipinski definition) is 3. The van der Waals surface area contributed by atoms with Gasteiger partial charge in [0.2, 0.25) is 0 Å². The minimum atomic E-state index is 0.942. The first-order valence-corrected chi connectivity index (χ1v) is 4.46. The maximum Gasteiger partial charge on any atom is 0.0435 e. The van der Waals surface area contributed by atoms with Crippen molar-refractivity contribution in [2.24, 2.45) is 0 Å². The van der Waals surface area contributed by atoms with E-state index in [1.807, 2.05) is 18.5 Å². The van der Waals surface area contributed by atoms with E-state index in [-0.39, 0.29) is 0 Å². The van der Waals surface area contributed by atoms with Gasteiger partial charge in [-0.05, 0) is 13.0 Å². The molecule has 0 unspecified atom stereocenters. The van der Waals surface area contributed by atoms with Crippen LogP contribution in [-0.2, 0) is 0 Å². The zero-order chi connectivity index (χ0) is 9.10. The van der Waals surface area contributed by atoms with Gasteiger partial charge in [-0.1, -0.05) is 12.1 Å². The lowest BCUT2D eigenvalue weighted by atomic mass is 10.2. The van der Waals surface area contributed by atoms with Gasteiger partial charge in [0, 0.05) is 35.1 Å². The molecule has 3 heteroatoms. The number of rotatable bonds is 2. The van der Waals surface area contributed by atoms with Crippen molar-refractivity contribution < 1.29 is 0 Å². The highest BCUT2D eigenvalue weighted by Crippen LogP contribution is 1.94. The smallest absolute Gasteiger partial charge is 0.0435 e. The Morgan fingerprint density at radius 1 is 1.23 bits per heavy atom. The Morgan fingerprint density at radius 2 is 2.08 bits per heavy atom. The van der Waals surface area contributed by atoms with E-state index in [1.165, 1.54) is 16.1 Å². The molecule has 1 aliphatic heterocycles. The molecule has 0 saturated heterocycles. The molecule has 1 heterocycles. The molecule has 1 aromatic rings. The molecule has 0 aliphatic carbocycles. The maximum absolute atomic E-state index is 3.32. The molecule has 0 bridgehead atoms. The predicted octanol–water partition coefficient (Wildman–Crippen LogP) is -0.298. The summed E-state index contributed by atoms with van der Waals surface area (Å²) in [5, 5.41) is 5.73. The van der Waals surface area contributed by atoms with Gasteiger partial charge in [-0.15, -0.1) is 0 Å². The number of hydrazine groups is 1. The minimum absolute atomic E-state index is 0.942. The number of fused-ring (bicyclic) bond motifs is 1. The Hall–Kier alpha value is -1.64. The number of nitrogens with one attached hydrogen (secondary N) is 3. The molecule has 0 atom stereocenters. The van der Waals surface area contributed by atoms with Crippen molar-refractivity contribution in [2.45, 2.75) is 6.92 Å². The molecule has 1 aliphatic rings. The van der Waals surface area contributed by atoms with E-state index >= 15 is 0 Å². The van der Waals surface area contributed by atoms with Crippen molar-refractivity contribution in [3.8, 4) is 0 Å². The summed E-state index contributed by atoms with van der Waals surface area (Å²) in [6, 6.07) is 6.22. The van der Waals surface area contributed by atoms with Crippen LogP contribution < -0.4 is 26.6 Å². The van der Waals surface area contributed by atoms with E-state index < -0.39 is 0 Å². The van der Waals surface area contributed by atoms with Crippen molar-refractivity contribution in [1.29, 1.82) is 0 Å². The van der Waals surface area contributed by atoms with Crippen LogP contribution in [0.15, 0.2) is 18.2 Å². The third-order valence-corrected chi connectivity index (χ3v) is 2.03. The second kappa shape index (κ2) is 3.39. The molecule has 68 valence electrons. The fourth-order valence-corrected chi connectivity index (χ4v) is 1.45. The Kier molecular flexibility index (Phi) is 2.08. The summed E-state index contributed by atoms with van der Waals surface area (Å²) in [6.07, 6.45) is 3.92. The van der Waals surface area contributed by atoms with Gasteiger partial charge < -0.3 is 16.2 Å². The van der Waals surface area contributed by atoms with Crippen LogP contribution in [0.2, 0.25) is 0 Å². The molecule has 0 radical (unpaired) electrons. The van der Waals surface area contributed by atoms with Crippen molar-refractivity contribution in [2.75, 3.05) is 11.9 Å². The van der Waals surface area contributed by atoms with Crippen LogP contribution in [0.4, 0.5) is 5.69 Å². The second-order valence-corrected chi connectivity index (χ2v) is 2.92. The Balaban J connectivity index is 2.60. The van der Waals surface area contributed by atoms with Crippen LogP contribution in [0.1, 0.15) is 6.92 Å². The normalized spacial score (nSPS) is 12.7. The molecule has 1 aromatic carbocycles. The monoisotopic (exact) mass is 175 g/mol. The van der Waals surface area contributed by atoms with Gasteiger partial charge in [-0.25, -0.2) is 0 Å². The van der Waals surface area contributed by atoms with Gasteiger partial charge in [-0.3, -0.25) is 0 Å². The van der Waals surface area contributed by atoms with Crippen LogP contribution in [-0.4, -0.2) is 6.54 Å². The van der Waals surface area contributed by atoms with Gasteiger partial charge in [0.05, 0.1) is 0 Å². The second-order valence-electron chi connectivity index (χ2n) is 2.92. The molecular weight excluding hydrogens is 162 g/mol. The zero-order valence-electron chi connectivity index (χ0n) is 7.59. The first-order valence-electron chi connectivity index (χ1n) is 4.46. The lowest BCUT2D eigenvalue weighted by molar-refractivity contribution is 0.844. The average Bonchev–Trinajstić information content (AvgIpc) is 2.19. The van der Waals surface area contributed by atoms with Crippen molar-refractivity contribution in [3.05, 3.63) is 28.6 Å². The Bertz CT molecular complexity index is 409. The summed E-state index contributed by atoms with van der Waals surface area (Å²) < 4.78 is 0. The van der Waals surface area contributed by atoms with E-state index in [0.29, 0.717) is 0 Å². The summed E-state index contributed by atoms with van der Waals surface area (Å²) in [7, 11) is 0. The van der Waals surface area contributed by atoms with Crippen molar-refractivity contribution in [1.82, 2.24) is 10.9 Å². The van der Waals surface area contributed by atoms with Crippen LogP contribution in [0, 0.1) is 0 Å². The third-order valence-electron chi connectivity index (χ3n) is 2.03. The summed E-state index contributed by atoms with van der Waals surface area (Å²) in [4.78, 5) is 0. The molecule has 2 rings (SSSR count). The van der Waals surface area contributed by atoms with Crippen LogP contribution >= 0.6 is 0 Å². The molecule has 0 saturated carbocycles. The first kappa shape index (κ1) is 7.98. The quantitative estimate of drug-likeness (QED) is 0.577. The average molecular weight is 175 g/mol. The number of benzene rings is 1. The summed E-state index contributed by atoms with van der Waals surface area (Å²) in [5.74, 6) is 0. The molecule has 0 spiro atoms. The molecule has 3 nitrogen and oxygen atoms in total. The van der Waals surface area contributed by atoms with Gasteiger partial charge in [0.25, 0.3) is 0 Å². The van der Waals surface area contributed by atoms with E-state index in [1.54, 1.807) is 0 Å². The molecule has 0 amide bonds. The summed E-state index contributed by atoms with van der Waals surface area (Å²) in [5.41, 5.74) is 7.09. The van der Waals surface area contributed by atoms with Gasteiger partial charge in [0.15, 0.2) is 0 Å². The van der Waals surface area contributed by atoms with E-state index in [2.05, 4.69) is 35.2 Å². The van der Waals surface area contributed by atoms with Crippen LogP contribution in [0.3, 0.4) is 0 Å². The van der Waals surface area contributed by atoms with Gasteiger partial charge in [0.1, 0.15) is 0 Å². The molecule has 13 heavy (non-hydrogen) atoms. The number of hydrogen-bond acceptors (Lipinski definition) is 3. The van der Waals surface area contributed by atoms with Crippen LogP contribution in [0.25, 0.3) is 12.4 Å². The predicted molar refractivity (Wildman–Crippen MR) is 55.1 cm³/mol. The Morgan fingerprint density at radius 3 is 2.92 bits per heavy atom. The minimum Gasteiger partial charge on any atom is -0.385 e. The molecule has 0 fully saturated rings. The van der Waals surface area contributed by atoms with E-state index in [0.717, 1.165) is 6.54 Å². The molecule has 3 N–H and O–H groups in total. The van der Waals surface area contributed by atoms with Gasteiger partial charge >= 0.3 is 0 Å². The van der Waals surface area contributed by atoms with Crippen molar-refractivity contribution in [3.63, 3.8) is 0 Å². The van der Waals surface area contributed by atoms with E-state index in [9.17, 15) is 0 Å². The molecule has 0 aromatic heterocycles. The highest BCUT2D eigenvalue weighted by atomic mass is 15.3. The topological polar surface area (TPSA) is 36.1 Å². The highest BCUT2D eigenvalue weighted by Gasteiger charge is 1.96. The van der Waals surface area contributed by atoms with Crippen LogP contribution in [0.5, 0.6) is 0 Å². The van der Waals surface area contributed by atoms with Gasteiger partial charge in [-0.2, -0.15) is 0 Å². The SMILES string of the molecule is CCNc1cccc2c1=CNNC=2. The zero-order valence-corrected chi connectivity index (χ0v) is 7.59. The standard InChI is InChI=1S/C10H13N3/c1-2-11-10-5-3-4-8-6-12-13-7-9(8)10/h3-7,11-13H,2H2,1H3. The number of anilines is 1. The maximum atomic E-state index is 3.32. The fourth-order valence-electron chi connectivity index (χ4n) is 1.45. The lowest BCUT2D eigenvalue weighted by Gasteiger charge is -2.09. The first-order chi connectivity index (χ1) is 6.42. The lowest BCUT2D eigenvalue weighted by Crippen LogP contribution is -2.40. The summed E-state index contributed by atoms with van der Waals surface area (Å²) in [6.45, 7) is 3.04. The Labute approximate surface area is 77.1 Å². The fraction of sp³-hybridized carbons (Fsp3) is 0.200. The van der Waals surface area contributed by atoms with E-state index in [4.69, 9.17) is 0 Å². The molecular formula is C10H13N3. The third kappa shape index (κ3) is 1.45. The largest absolute Gasteiger partial charge is 0.385 e. The van der Waals surface area contributed by atoms with Crippen molar-refractivity contribution >= 4 is 18.1 Å².